The molecule has 1 N–H and O–H groups in total. The van der Waals surface area contributed by atoms with E-state index in [-0.39, 0.29) is 41.7 Å². The zero-order chi connectivity index (χ0) is 28.1. The van der Waals surface area contributed by atoms with Crippen molar-refractivity contribution in [1.82, 2.24) is 5.32 Å². The molecule has 1 saturated heterocycles. The molecule has 0 spiro atoms. The maximum absolute atomic E-state index is 13.2. The molecule has 0 aromatic rings. The predicted octanol–water partition coefficient (Wildman–Crippen LogP) is 5.74. The van der Waals surface area contributed by atoms with Gasteiger partial charge < -0.3 is 14.8 Å². The molecule has 1 heterocycles. The smallest absolute Gasteiger partial charge is 0.407 e. The van der Waals surface area contributed by atoms with Crippen LogP contribution in [-0.2, 0) is 23.9 Å². The molecule has 1 fully saturated rings. The number of hydrogen-bond acceptors (Lipinski definition) is 6. The third-order valence-electron chi connectivity index (χ3n) is 7.15. The first-order valence-electron chi connectivity index (χ1n) is 13.4. The number of carbonyl (C=O) groups excluding carboxylic acids is 4. The second kappa shape index (κ2) is 16.4. The van der Waals surface area contributed by atoms with E-state index in [2.05, 4.69) is 25.1 Å². The van der Waals surface area contributed by atoms with Crippen molar-refractivity contribution < 1.29 is 28.7 Å². The van der Waals surface area contributed by atoms with Crippen molar-refractivity contribution in [2.45, 2.75) is 112 Å². The topological polar surface area (TPSA) is 98.8 Å². The average molecular weight is 508 g/mol. The molecule has 1 rings (SSSR count). The van der Waals surface area contributed by atoms with E-state index < -0.39 is 29.7 Å². The molecule has 7 atom stereocenters. The minimum absolute atomic E-state index is 0.0932. The highest BCUT2D eigenvalue weighted by molar-refractivity contribution is 5.99. The molecule has 206 valence electrons. The molecule has 7 nitrogen and oxygen atoms in total. The van der Waals surface area contributed by atoms with Gasteiger partial charge in [-0.2, -0.15) is 0 Å². The van der Waals surface area contributed by atoms with E-state index in [1.807, 2.05) is 34.6 Å². The SMILES string of the molecule is C#C.CCCCCNC(=O)O[C@@]1(C)C[C@@H](C)C(=O)[C@H](C)C[C@H](C)CC(C)C(=O)C(C)C(=O)OC1CC. The Bertz CT molecular complexity index is 747. The third kappa shape index (κ3) is 10.3. The molecular formula is C29H49NO6. The summed E-state index contributed by atoms with van der Waals surface area (Å²) < 4.78 is 11.7. The van der Waals surface area contributed by atoms with Crippen LogP contribution in [0.5, 0.6) is 0 Å². The molecule has 0 bridgehead atoms. The maximum Gasteiger partial charge on any atom is 0.407 e. The number of amides is 1. The van der Waals surface area contributed by atoms with E-state index in [9.17, 15) is 19.2 Å². The van der Waals surface area contributed by atoms with E-state index in [4.69, 9.17) is 9.47 Å². The lowest BCUT2D eigenvalue weighted by atomic mass is 9.78. The standard InChI is InChI=1S/C27H47NO6.C2H2/c1-9-11-12-13-28-26(32)34-27(8)16-20(6)23(29)18(4)14-17(3)15-19(5)24(30)21(7)25(31)33-22(27)10-2;1-2/h17-22H,9-16H2,1-8H3,(H,28,32);1-2H/t17-,18+,19?,20+,21?,22?,27-;/m0./s1. The molecule has 3 unspecified atom stereocenters. The first-order valence-corrected chi connectivity index (χ1v) is 13.4. The van der Waals surface area contributed by atoms with Gasteiger partial charge in [0.15, 0.2) is 0 Å². The number of terminal acetylenes is 1. The van der Waals surface area contributed by atoms with Crippen LogP contribution in [0.15, 0.2) is 0 Å². The van der Waals surface area contributed by atoms with Gasteiger partial charge in [-0.05, 0) is 45.4 Å². The van der Waals surface area contributed by atoms with Crippen LogP contribution in [-0.4, -0.2) is 41.9 Å². The average Bonchev–Trinajstić information content (AvgIpc) is 2.83. The number of alkyl carbamates (subject to hydrolysis) is 1. The van der Waals surface area contributed by atoms with Gasteiger partial charge in [-0.25, -0.2) is 4.79 Å². The largest absolute Gasteiger partial charge is 0.458 e. The van der Waals surface area contributed by atoms with Crippen molar-refractivity contribution in [3.63, 3.8) is 0 Å². The van der Waals surface area contributed by atoms with Crippen LogP contribution in [0.4, 0.5) is 4.79 Å². The number of cyclic esters (lactones) is 1. The van der Waals surface area contributed by atoms with Gasteiger partial charge in [0, 0.05) is 30.7 Å². The van der Waals surface area contributed by atoms with Gasteiger partial charge in [0.2, 0.25) is 0 Å². The second-order valence-corrected chi connectivity index (χ2v) is 10.7. The van der Waals surface area contributed by atoms with Crippen LogP contribution in [0.1, 0.15) is 100 Å². The zero-order valence-corrected chi connectivity index (χ0v) is 23.7. The molecule has 0 aromatic heterocycles. The normalized spacial score (nSPS) is 32.3. The Kier molecular flexibility index (Phi) is 15.3. The third-order valence-corrected chi connectivity index (χ3v) is 7.15. The molecule has 0 aliphatic carbocycles. The number of unbranched alkanes of at least 4 members (excludes halogenated alkanes) is 2. The Morgan fingerprint density at radius 1 is 0.972 bits per heavy atom. The summed E-state index contributed by atoms with van der Waals surface area (Å²) in [4.78, 5) is 51.7. The van der Waals surface area contributed by atoms with Crippen molar-refractivity contribution in [3.8, 4) is 12.8 Å². The minimum Gasteiger partial charge on any atom is -0.458 e. The zero-order valence-electron chi connectivity index (χ0n) is 23.7. The van der Waals surface area contributed by atoms with Gasteiger partial charge in [0.25, 0.3) is 0 Å². The first kappa shape index (κ1) is 33.6. The number of carbonyl (C=O) groups is 4. The Morgan fingerprint density at radius 3 is 2.06 bits per heavy atom. The van der Waals surface area contributed by atoms with Crippen LogP contribution in [0, 0.1) is 42.4 Å². The first-order chi connectivity index (χ1) is 16.9. The van der Waals surface area contributed by atoms with Gasteiger partial charge in [-0.15, -0.1) is 12.8 Å². The molecule has 1 aliphatic heterocycles. The summed E-state index contributed by atoms with van der Waals surface area (Å²) in [5, 5.41) is 2.77. The van der Waals surface area contributed by atoms with Crippen molar-refractivity contribution in [1.29, 1.82) is 0 Å². The van der Waals surface area contributed by atoms with E-state index in [0.717, 1.165) is 19.3 Å². The summed E-state index contributed by atoms with van der Waals surface area (Å²) in [7, 11) is 0. The van der Waals surface area contributed by atoms with E-state index in [0.29, 0.717) is 25.8 Å². The number of rotatable bonds is 6. The van der Waals surface area contributed by atoms with E-state index >= 15 is 0 Å². The summed E-state index contributed by atoms with van der Waals surface area (Å²) in [5.41, 5.74) is -1.21. The summed E-state index contributed by atoms with van der Waals surface area (Å²) >= 11 is 0. The maximum atomic E-state index is 13.2. The minimum atomic E-state index is -1.21. The van der Waals surface area contributed by atoms with Crippen molar-refractivity contribution >= 4 is 23.6 Å². The molecule has 1 amide bonds. The fraction of sp³-hybridized carbons (Fsp3) is 0.793. The number of hydrogen-bond donors (Lipinski definition) is 1. The van der Waals surface area contributed by atoms with Crippen molar-refractivity contribution in [3.05, 3.63) is 0 Å². The van der Waals surface area contributed by atoms with Crippen molar-refractivity contribution in [2.24, 2.45) is 29.6 Å². The molecule has 7 heteroatoms. The highest BCUT2D eigenvalue weighted by Gasteiger charge is 2.44. The number of ether oxygens (including phenoxy) is 2. The van der Waals surface area contributed by atoms with E-state index in [1.54, 1.807) is 13.8 Å². The summed E-state index contributed by atoms with van der Waals surface area (Å²) in [5.74, 6) is -2.28. The fourth-order valence-corrected chi connectivity index (χ4v) is 5.21. The Balaban J connectivity index is 0.00000596. The molecular weight excluding hydrogens is 458 g/mol. The predicted molar refractivity (Wildman–Crippen MR) is 142 cm³/mol. The Hall–Kier alpha value is -2.36. The second-order valence-electron chi connectivity index (χ2n) is 10.7. The van der Waals surface area contributed by atoms with Crippen LogP contribution < -0.4 is 5.32 Å². The number of Topliss-reactive ketones (excluding diaryl/α,β-unsaturated/α-hetero) is 2. The lowest BCUT2D eigenvalue weighted by molar-refractivity contribution is -0.172. The van der Waals surface area contributed by atoms with Crippen molar-refractivity contribution in [2.75, 3.05) is 6.54 Å². The van der Waals surface area contributed by atoms with E-state index in [1.165, 1.54) is 0 Å². The van der Waals surface area contributed by atoms with Crippen LogP contribution in [0.25, 0.3) is 0 Å². The fourth-order valence-electron chi connectivity index (χ4n) is 5.21. The lowest BCUT2D eigenvalue weighted by Gasteiger charge is -2.38. The van der Waals surface area contributed by atoms with Crippen LogP contribution in [0.3, 0.4) is 0 Å². The summed E-state index contributed by atoms with van der Waals surface area (Å²) in [6.07, 6.45) is 11.4. The van der Waals surface area contributed by atoms with Gasteiger partial charge in [0.05, 0.1) is 0 Å². The quantitative estimate of drug-likeness (QED) is 0.213. The Morgan fingerprint density at radius 2 is 1.53 bits per heavy atom. The molecule has 0 saturated carbocycles. The van der Waals surface area contributed by atoms with Crippen LogP contribution in [0.2, 0.25) is 0 Å². The molecule has 36 heavy (non-hydrogen) atoms. The Labute approximate surface area is 218 Å². The van der Waals surface area contributed by atoms with Gasteiger partial charge in [0.1, 0.15) is 29.2 Å². The molecule has 0 radical (unpaired) electrons. The number of nitrogens with one attached hydrogen (secondary N) is 1. The van der Waals surface area contributed by atoms with Crippen LogP contribution >= 0.6 is 0 Å². The monoisotopic (exact) mass is 507 g/mol. The highest BCUT2D eigenvalue weighted by atomic mass is 16.6. The van der Waals surface area contributed by atoms with Gasteiger partial charge in [-0.3, -0.25) is 14.4 Å². The number of esters is 1. The van der Waals surface area contributed by atoms with Gasteiger partial charge >= 0.3 is 12.1 Å². The number of ketones is 2. The molecule has 1 aliphatic rings. The molecule has 0 aromatic carbocycles. The lowest BCUT2D eigenvalue weighted by Crippen LogP contribution is -2.50. The summed E-state index contributed by atoms with van der Waals surface area (Å²) in [6, 6.07) is 0. The van der Waals surface area contributed by atoms with Gasteiger partial charge in [-0.1, -0.05) is 54.4 Å². The summed E-state index contributed by atoms with van der Waals surface area (Å²) in [6.45, 7) is 15.4. The highest BCUT2D eigenvalue weighted by Crippen LogP contribution is 2.33.